The molecule has 1 atom stereocenters. The number of hydrogen-bond acceptors (Lipinski definition) is 3. The monoisotopic (exact) mass is 266 g/mol. The van der Waals surface area contributed by atoms with E-state index in [0.29, 0.717) is 0 Å². The molecule has 0 spiro atoms. The summed E-state index contributed by atoms with van der Waals surface area (Å²) in [7, 11) is 0. The van der Waals surface area contributed by atoms with Gasteiger partial charge in [-0.1, -0.05) is 13.0 Å². The van der Waals surface area contributed by atoms with Gasteiger partial charge in [0, 0.05) is 12.6 Å². The van der Waals surface area contributed by atoms with Crippen LogP contribution in [0.4, 0.5) is 4.39 Å². The Balaban J connectivity index is 2.05. The van der Waals surface area contributed by atoms with Gasteiger partial charge < -0.3 is 15.3 Å². The van der Waals surface area contributed by atoms with Crippen LogP contribution in [0.15, 0.2) is 18.2 Å². The van der Waals surface area contributed by atoms with Crippen molar-refractivity contribution < 1.29 is 14.3 Å². The minimum Gasteiger partial charge on any atom is -0.507 e. The van der Waals surface area contributed by atoms with Crippen molar-refractivity contribution in [3.8, 4) is 5.75 Å². The molecule has 0 saturated carbocycles. The molecule has 2 rings (SSSR count). The number of amides is 1. The summed E-state index contributed by atoms with van der Waals surface area (Å²) < 4.78 is 13.6. The molecule has 1 aliphatic rings. The van der Waals surface area contributed by atoms with Gasteiger partial charge in [0.25, 0.3) is 5.91 Å². The van der Waals surface area contributed by atoms with E-state index in [0.717, 1.165) is 32.5 Å². The molecule has 1 amide bonds. The molecule has 1 heterocycles. The number of nitrogens with zero attached hydrogens (tertiary/aromatic N) is 1. The van der Waals surface area contributed by atoms with Crippen molar-refractivity contribution in [2.45, 2.75) is 25.8 Å². The molecular formula is C14H19FN2O2. The second-order valence-corrected chi connectivity index (χ2v) is 4.84. The van der Waals surface area contributed by atoms with E-state index in [2.05, 4.69) is 17.1 Å². The number of phenols is 1. The molecule has 1 aliphatic heterocycles. The highest BCUT2D eigenvalue weighted by atomic mass is 19.1. The van der Waals surface area contributed by atoms with Gasteiger partial charge in [0.2, 0.25) is 0 Å². The van der Waals surface area contributed by atoms with Crippen molar-refractivity contribution in [2.24, 2.45) is 0 Å². The molecule has 1 aromatic rings. The van der Waals surface area contributed by atoms with Crippen LogP contribution in [0.1, 0.15) is 30.1 Å². The minimum absolute atomic E-state index is 0.0141. The maximum atomic E-state index is 13.6. The molecule has 1 unspecified atom stereocenters. The molecule has 1 aromatic carbocycles. The van der Waals surface area contributed by atoms with Crippen LogP contribution in [0.2, 0.25) is 0 Å². The Kier molecular flexibility index (Phi) is 4.37. The Morgan fingerprint density at radius 2 is 2.37 bits per heavy atom. The van der Waals surface area contributed by atoms with Crippen molar-refractivity contribution in [1.82, 2.24) is 10.2 Å². The maximum Gasteiger partial charge on any atom is 0.258 e. The first-order valence-electron chi connectivity index (χ1n) is 6.62. The van der Waals surface area contributed by atoms with Crippen molar-refractivity contribution in [3.05, 3.63) is 29.6 Å². The Bertz CT molecular complexity index is 445. The fourth-order valence-electron chi connectivity index (χ4n) is 2.46. The van der Waals surface area contributed by atoms with Crippen LogP contribution in [-0.2, 0) is 0 Å². The van der Waals surface area contributed by atoms with Gasteiger partial charge in [-0.15, -0.1) is 0 Å². The average molecular weight is 266 g/mol. The molecule has 1 saturated heterocycles. The summed E-state index contributed by atoms with van der Waals surface area (Å²) in [6, 6.07) is 3.88. The summed E-state index contributed by atoms with van der Waals surface area (Å²) in [5, 5.41) is 12.4. The standard InChI is InChI=1S/C14H19FN2O2/c1-2-17-8-4-5-10(9-17)16-14(19)13-11(15)6-3-7-12(13)18/h3,6-7,10,18H,2,4-5,8-9H2,1H3,(H,16,19). The Labute approximate surface area is 112 Å². The number of hydrogen-bond donors (Lipinski definition) is 2. The Morgan fingerprint density at radius 3 is 3.05 bits per heavy atom. The second-order valence-electron chi connectivity index (χ2n) is 4.84. The summed E-state index contributed by atoms with van der Waals surface area (Å²) in [5.41, 5.74) is -0.267. The number of aromatic hydroxyl groups is 1. The van der Waals surface area contributed by atoms with Crippen molar-refractivity contribution in [2.75, 3.05) is 19.6 Å². The first-order chi connectivity index (χ1) is 9.11. The molecular weight excluding hydrogens is 247 g/mol. The topological polar surface area (TPSA) is 52.6 Å². The van der Waals surface area contributed by atoms with Gasteiger partial charge in [-0.25, -0.2) is 4.39 Å². The zero-order chi connectivity index (χ0) is 13.8. The number of phenolic OH excluding ortho intramolecular Hbond substituents is 1. The van der Waals surface area contributed by atoms with E-state index >= 15 is 0 Å². The van der Waals surface area contributed by atoms with Crippen LogP contribution in [0, 0.1) is 5.82 Å². The van der Waals surface area contributed by atoms with Crippen LogP contribution >= 0.6 is 0 Å². The maximum absolute atomic E-state index is 13.6. The van der Waals surface area contributed by atoms with Gasteiger partial charge in [0.1, 0.15) is 17.1 Å². The van der Waals surface area contributed by atoms with E-state index in [4.69, 9.17) is 0 Å². The first kappa shape index (κ1) is 13.8. The van der Waals surface area contributed by atoms with E-state index in [9.17, 15) is 14.3 Å². The molecule has 5 heteroatoms. The number of carbonyl (C=O) groups is 1. The predicted molar refractivity (Wildman–Crippen MR) is 70.7 cm³/mol. The third-order valence-electron chi connectivity index (χ3n) is 3.51. The lowest BCUT2D eigenvalue weighted by molar-refractivity contribution is 0.0899. The average Bonchev–Trinajstić information content (AvgIpc) is 2.38. The molecule has 19 heavy (non-hydrogen) atoms. The highest BCUT2D eigenvalue weighted by molar-refractivity contribution is 5.97. The third kappa shape index (κ3) is 3.23. The lowest BCUT2D eigenvalue weighted by Gasteiger charge is -2.32. The normalized spacial score (nSPS) is 20.2. The number of carbonyl (C=O) groups excluding carboxylic acids is 1. The summed E-state index contributed by atoms with van der Waals surface area (Å²) in [6.07, 6.45) is 1.90. The lowest BCUT2D eigenvalue weighted by atomic mass is 10.0. The van der Waals surface area contributed by atoms with Gasteiger partial charge in [-0.3, -0.25) is 4.79 Å². The van der Waals surface area contributed by atoms with E-state index in [1.54, 1.807) is 0 Å². The van der Waals surface area contributed by atoms with E-state index in [-0.39, 0.29) is 17.4 Å². The number of rotatable bonds is 3. The predicted octanol–water partition coefficient (Wildman–Crippen LogP) is 1.75. The third-order valence-corrected chi connectivity index (χ3v) is 3.51. The van der Waals surface area contributed by atoms with Gasteiger partial charge in [-0.2, -0.15) is 0 Å². The Hall–Kier alpha value is -1.62. The largest absolute Gasteiger partial charge is 0.507 e. The van der Waals surface area contributed by atoms with Gasteiger partial charge >= 0.3 is 0 Å². The van der Waals surface area contributed by atoms with E-state index in [1.165, 1.54) is 18.2 Å². The molecule has 0 aliphatic carbocycles. The van der Waals surface area contributed by atoms with Crippen molar-refractivity contribution in [3.63, 3.8) is 0 Å². The zero-order valence-electron chi connectivity index (χ0n) is 11.0. The van der Waals surface area contributed by atoms with Gasteiger partial charge in [0.05, 0.1) is 0 Å². The molecule has 2 N–H and O–H groups in total. The summed E-state index contributed by atoms with van der Waals surface area (Å²) in [6.45, 7) is 4.83. The summed E-state index contributed by atoms with van der Waals surface area (Å²) in [5.74, 6) is -1.56. The number of piperidine rings is 1. The van der Waals surface area contributed by atoms with Crippen LogP contribution < -0.4 is 5.32 Å². The zero-order valence-corrected chi connectivity index (χ0v) is 11.0. The van der Waals surface area contributed by atoms with Gasteiger partial charge in [0.15, 0.2) is 0 Å². The van der Waals surface area contributed by atoms with E-state index in [1.807, 2.05) is 0 Å². The van der Waals surface area contributed by atoms with Crippen molar-refractivity contribution in [1.29, 1.82) is 0 Å². The minimum atomic E-state index is -0.694. The first-order valence-corrected chi connectivity index (χ1v) is 6.62. The van der Waals surface area contributed by atoms with Gasteiger partial charge in [-0.05, 0) is 38.1 Å². The van der Waals surface area contributed by atoms with E-state index < -0.39 is 11.7 Å². The SMILES string of the molecule is CCN1CCCC(NC(=O)c2c(O)cccc2F)C1. The molecule has 1 fully saturated rings. The quantitative estimate of drug-likeness (QED) is 0.876. The highest BCUT2D eigenvalue weighted by Gasteiger charge is 2.23. The lowest BCUT2D eigenvalue weighted by Crippen LogP contribution is -2.47. The number of halogens is 1. The number of benzene rings is 1. The Morgan fingerprint density at radius 1 is 1.58 bits per heavy atom. The fourth-order valence-corrected chi connectivity index (χ4v) is 2.46. The number of likely N-dealkylation sites (tertiary alicyclic amines) is 1. The smallest absolute Gasteiger partial charge is 0.258 e. The molecule has 0 aromatic heterocycles. The molecule has 104 valence electrons. The van der Waals surface area contributed by atoms with Crippen LogP contribution in [-0.4, -0.2) is 41.6 Å². The van der Waals surface area contributed by atoms with Crippen LogP contribution in [0.5, 0.6) is 5.75 Å². The second kappa shape index (κ2) is 6.02. The summed E-state index contributed by atoms with van der Waals surface area (Å²) in [4.78, 5) is 14.3. The molecule has 4 nitrogen and oxygen atoms in total. The molecule has 0 bridgehead atoms. The van der Waals surface area contributed by atoms with Crippen LogP contribution in [0.3, 0.4) is 0 Å². The van der Waals surface area contributed by atoms with Crippen LogP contribution in [0.25, 0.3) is 0 Å². The number of likely N-dealkylation sites (N-methyl/N-ethyl adjacent to an activating group) is 1. The highest BCUT2D eigenvalue weighted by Crippen LogP contribution is 2.20. The fraction of sp³-hybridized carbons (Fsp3) is 0.500. The molecule has 0 radical (unpaired) electrons. The summed E-state index contributed by atoms with van der Waals surface area (Å²) >= 11 is 0. The number of nitrogens with one attached hydrogen (secondary N) is 1. The van der Waals surface area contributed by atoms with Crippen molar-refractivity contribution >= 4 is 5.91 Å².